The van der Waals surface area contributed by atoms with Gasteiger partial charge in [0, 0.05) is 13.6 Å². The van der Waals surface area contributed by atoms with Gasteiger partial charge < -0.3 is 15.6 Å². The van der Waals surface area contributed by atoms with Gasteiger partial charge in [0.05, 0.1) is 6.33 Å². The van der Waals surface area contributed by atoms with Gasteiger partial charge in [0.25, 0.3) is 5.56 Å². The van der Waals surface area contributed by atoms with Crippen LogP contribution in [0.3, 0.4) is 0 Å². The number of anilines is 2. The van der Waals surface area contributed by atoms with Crippen molar-refractivity contribution in [1.29, 1.82) is 0 Å². The fraction of sp³-hybridized carbons (Fsp3) is 0.600. The van der Waals surface area contributed by atoms with Gasteiger partial charge in [0.2, 0.25) is 0 Å². The van der Waals surface area contributed by atoms with Gasteiger partial charge in [-0.2, -0.15) is 0 Å². The van der Waals surface area contributed by atoms with Gasteiger partial charge in [-0.05, 0) is 5.41 Å². The Morgan fingerprint density at radius 2 is 2.13 bits per heavy atom. The Labute approximate surface area is 89.3 Å². The summed E-state index contributed by atoms with van der Waals surface area (Å²) in [5.74, 6) is 0.536. The molecule has 1 aromatic rings. The summed E-state index contributed by atoms with van der Waals surface area (Å²) in [6.45, 7) is 7.14. The van der Waals surface area contributed by atoms with Gasteiger partial charge in [-0.25, -0.2) is 4.98 Å². The van der Waals surface area contributed by atoms with Crippen molar-refractivity contribution in [1.82, 2.24) is 9.97 Å². The van der Waals surface area contributed by atoms with Gasteiger partial charge in [0.1, 0.15) is 5.69 Å². The minimum Gasteiger partial charge on any atom is -0.391 e. The van der Waals surface area contributed by atoms with Crippen LogP contribution in [0.15, 0.2) is 11.1 Å². The molecule has 0 saturated carbocycles. The molecule has 1 rings (SSSR count). The van der Waals surface area contributed by atoms with E-state index in [1.54, 1.807) is 0 Å². The number of nitrogens with one attached hydrogen (secondary N) is 1. The molecular formula is C10H18N4O. The third-order valence-corrected chi connectivity index (χ3v) is 1.94. The Morgan fingerprint density at radius 1 is 1.53 bits per heavy atom. The number of hydrogen-bond donors (Lipinski definition) is 2. The third kappa shape index (κ3) is 2.97. The second-order valence-electron chi connectivity index (χ2n) is 4.89. The van der Waals surface area contributed by atoms with E-state index >= 15 is 0 Å². The molecule has 15 heavy (non-hydrogen) atoms. The van der Waals surface area contributed by atoms with E-state index in [-0.39, 0.29) is 16.7 Å². The van der Waals surface area contributed by atoms with Crippen molar-refractivity contribution in [2.75, 3.05) is 24.2 Å². The minimum absolute atomic E-state index is 0.130. The molecule has 0 atom stereocenters. The smallest absolute Gasteiger partial charge is 0.276 e. The molecule has 1 heterocycles. The number of hydrogen-bond acceptors (Lipinski definition) is 4. The molecule has 1 aromatic heterocycles. The van der Waals surface area contributed by atoms with Gasteiger partial charge in [-0.15, -0.1) is 0 Å². The molecule has 0 aliphatic carbocycles. The van der Waals surface area contributed by atoms with Crippen LogP contribution in [-0.2, 0) is 0 Å². The van der Waals surface area contributed by atoms with Crippen molar-refractivity contribution in [3.05, 3.63) is 16.7 Å². The lowest BCUT2D eigenvalue weighted by atomic mass is 9.96. The van der Waals surface area contributed by atoms with Crippen LogP contribution in [0.5, 0.6) is 0 Å². The first-order valence-electron chi connectivity index (χ1n) is 4.85. The van der Waals surface area contributed by atoms with Crippen molar-refractivity contribution in [2.24, 2.45) is 5.41 Å². The molecular weight excluding hydrogens is 192 g/mol. The summed E-state index contributed by atoms with van der Waals surface area (Å²) in [7, 11) is 1.88. The fourth-order valence-electron chi connectivity index (χ4n) is 1.49. The number of nitrogen functional groups attached to an aromatic ring is 1. The third-order valence-electron chi connectivity index (χ3n) is 1.94. The lowest BCUT2D eigenvalue weighted by molar-refractivity contribution is 0.418. The van der Waals surface area contributed by atoms with E-state index < -0.39 is 0 Å². The highest BCUT2D eigenvalue weighted by atomic mass is 16.1. The summed E-state index contributed by atoms with van der Waals surface area (Å²) in [5, 5.41) is 0. The Hall–Kier alpha value is -1.52. The molecule has 0 amide bonds. The molecule has 5 heteroatoms. The van der Waals surface area contributed by atoms with Gasteiger partial charge in [0.15, 0.2) is 5.82 Å². The number of rotatable bonds is 2. The maximum absolute atomic E-state index is 11.3. The fourth-order valence-corrected chi connectivity index (χ4v) is 1.49. The standard InChI is InChI=1S/C10H18N4O/c1-10(2,3)5-14(4)8-7(11)9(15)13-6-12-8/h6H,5,11H2,1-4H3,(H,12,13,15). The Bertz CT molecular complexity index is 391. The van der Waals surface area contributed by atoms with E-state index in [9.17, 15) is 4.79 Å². The summed E-state index contributed by atoms with van der Waals surface area (Å²) in [4.78, 5) is 19.7. The first-order chi connectivity index (χ1) is 6.81. The number of H-pyrrole nitrogens is 1. The van der Waals surface area contributed by atoms with Crippen LogP contribution in [0.25, 0.3) is 0 Å². The summed E-state index contributed by atoms with van der Waals surface area (Å²) in [6.07, 6.45) is 1.37. The molecule has 3 N–H and O–H groups in total. The van der Waals surface area contributed by atoms with E-state index in [4.69, 9.17) is 5.73 Å². The number of nitrogens with two attached hydrogens (primary N) is 1. The van der Waals surface area contributed by atoms with Crippen molar-refractivity contribution in [3.8, 4) is 0 Å². The first kappa shape index (κ1) is 11.6. The van der Waals surface area contributed by atoms with Gasteiger partial charge in [-0.3, -0.25) is 4.79 Å². The second kappa shape index (κ2) is 3.92. The van der Waals surface area contributed by atoms with E-state index in [1.165, 1.54) is 6.33 Å². The van der Waals surface area contributed by atoms with Crippen LogP contribution < -0.4 is 16.2 Å². The summed E-state index contributed by atoms with van der Waals surface area (Å²) in [6, 6.07) is 0. The molecule has 0 radical (unpaired) electrons. The van der Waals surface area contributed by atoms with E-state index in [0.29, 0.717) is 5.82 Å². The molecule has 0 fully saturated rings. The SMILES string of the molecule is CN(CC(C)(C)C)c1nc[nH]c(=O)c1N. The van der Waals surface area contributed by atoms with E-state index in [1.807, 2.05) is 11.9 Å². The first-order valence-corrected chi connectivity index (χ1v) is 4.85. The van der Waals surface area contributed by atoms with Gasteiger partial charge >= 0.3 is 0 Å². The zero-order valence-corrected chi connectivity index (χ0v) is 9.66. The summed E-state index contributed by atoms with van der Waals surface area (Å²) < 4.78 is 0. The van der Waals surface area contributed by atoms with Crippen molar-refractivity contribution in [2.45, 2.75) is 20.8 Å². The minimum atomic E-state index is -0.291. The zero-order valence-electron chi connectivity index (χ0n) is 9.66. The van der Waals surface area contributed by atoms with Crippen LogP contribution in [0.4, 0.5) is 11.5 Å². The molecule has 0 aromatic carbocycles. The van der Waals surface area contributed by atoms with Gasteiger partial charge in [-0.1, -0.05) is 20.8 Å². The largest absolute Gasteiger partial charge is 0.391 e. The average molecular weight is 210 g/mol. The molecule has 84 valence electrons. The highest BCUT2D eigenvalue weighted by molar-refractivity contribution is 5.60. The highest BCUT2D eigenvalue weighted by Crippen LogP contribution is 2.20. The molecule has 0 unspecified atom stereocenters. The van der Waals surface area contributed by atoms with E-state index in [2.05, 4.69) is 30.7 Å². The Balaban J connectivity index is 2.97. The number of aromatic amines is 1. The van der Waals surface area contributed by atoms with Crippen LogP contribution in [0.1, 0.15) is 20.8 Å². The Morgan fingerprint density at radius 3 is 2.67 bits per heavy atom. The summed E-state index contributed by atoms with van der Waals surface area (Å²) in [5.41, 5.74) is 5.66. The van der Waals surface area contributed by atoms with Crippen LogP contribution in [-0.4, -0.2) is 23.6 Å². The maximum Gasteiger partial charge on any atom is 0.276 e. The highest BCUT2D eigenvalue weighted by Gasteiger charge is 2.17. The second-order valence-corrected chi connectivity index (χ2v) is 4.89. The van der Waals surface area contributed by atoms with Crippen molar-refractivity contribution in [3.63, 3.8) is 0 Å². The molecule has 0 aliphatic rings. The average Bonchev–Trinajstić information content (AvgIpc) is 2.06. The van der Waals surface area contributed by atoms with Crippen LogP contribution in [0, 0.1) is 5.41 Å². The molecule has 5 nitrogen and oxygen atoms in total. The summed E-state index contributed by atoms with van der Waals surface area (Å²) >= 11 is 0. The molecule has 0 bridgehead atoms. The zero-order chi connectivity index (χ0) is 11.6. The van der Waals surface area contributed by atoms with Crippen LogP contribution in [0.2, 0.25) is 0 Å². The van der Waals surface area contributed by atoms with Crippen LogP contribution >= 0.6 is 0 Å². The number of nitrogens with zero attached hydrogens (tertiary/aromatic N) is 2. The maximum atomic E-state index is 11.3. The normalized spacial score (nSPS) is 11.5. The monoisotopic (exact) mass is 210 g/mol. The van der Waals surface area contributed by atoms with E-state index in [0.717, 1.165) is 6.54 Å². The lowest BCUT2D eigenvalue weighted by Crippen LogP contribution is -2.31. The lowest BCUT2D eigenvalue weighted by Gasteiger charge is -2.27. The molecule has 0 saturated heterocycles. The van der Waals surface area contributed by atoms with Crippen molar-refractivity contribution >= 4 is 11.5 Å². The van der Waals surface area contributed by atoms with Crippen molar-refractivity contribution < 1.29 is 0 Å². The Kier molecular flexibility index (Phi) is 3.02. The predicted octanol–water partition coefficient (Wildman–Crippen LogP) is 0.834. The topological polar surface area (TPSA) is 75.0 Å². The quantitative estimate of drug-likeness (QED) is 0.758. The number of aromatic nitrogens is 2. The molecule has 0 aliphatic heterocycles. The predicted molar refractivity (Wildman–Crippen MR) is 62.0 cm³/mol. The molecule has 0 spiro atoms.